The van der Waals surface area contributed by atoms with Gasteiger partial charge in [0.15, 0.2) is 0 Å². The first-order chi connectivity index (χ1) is 12.0. The van der Waals surface area contributed by atoms with Crippen molar-refractivity contribution in [2.75, 3.05) is 17.7 Å². The first kappa shape index (κ1) is 18.5. The van der Waals surface area contributed by atoms with Crippen LogP contribution in [0.1, 0.15) is 30.5 Å². The lowest BCUT2D eigenvalue weighted by molar-refractivity contribution is -0.133. The lowest BCUT2D eigenvalue weighted by Gasteiger charge is -2.15. The number of methoxy groups -OCH3 is 1. The van der Waals surface area contributed by atoms with Gasteiger partial charge in [0.25, 0.3) is 0 Å². The van der Waals surface area contributed by atoms with Crippen molar-refractivity contribution < 1.29 is 14.3 Å². The number of anilines is 2. The predicted molar refractivity (Wildman–Crippen MR) is 100 cm³/mol. The third-order valence-electron chi connectivity index (χ3n) is 4.05. The Morgan fingerprint density at radius 3 is 2.12 bits per heavy atom. The van der Waals surface area contributed by atoms with Gasteiger partial charge >= 0.3 is 11.8 Å². The molecule has 0 heterocycles. The number of carbonyl (C=O) groups is 2. The normalized spacial score (nSPS) is 10.2. The van der Waals surface area contributed by atoms with Crippen molar-refractivity contribution in [1.82, 2.24) is 0 Å². The van der Waals surface area contributed by atoms with Crippen molar-refractivity contribution in [3.8, 4) is 5.75 Å². The van der Waals surface area contributed by atoms with Crippen LogP contribution in [0.3, 0.4) is 0 Å². The fourth-order valence-electron chi connectivity index (χ4n) is 2.67. The molecule has 0 aliphatic heterocycles. The SMILES string of the molecule is CCc1cccc(CC)c1NC(=O)C(=O)Nc1cc(C)ccc1OC. The molecule has 0 fully saturated rings. The highest BCUT2D eigenvalue weighted by Crippen LogP contribution is 2.26. The van der Waals surface area contributed by atoms with Gasteiger partial charge in [-0.15, -0.1) is 0 Å². The number of aryl methyl sites for hydroxylation is 3. The Morgan fingerprint density at radius 2 is 1.56 bits per heavy atom. The molecular weight excluding hydrogens is 316 g/mol. The summed E-state index contributed by atoms with van der Waals surface area (Å²) >= 11 is 0. The van der Waals surface area contributed by atoms with Crippen LogP contribution in [-0.4, -0.2) is 18.9 Å². The van der Waals surface area contributed by atoms with Crippen LogP contribution in [0.15, 0.2) is 36.4 Å². The lowest BCUT2D eigenvalue weighted by Crippen LogP contribution is -2.30. The van der Waals surface area contributed by atoms with Gasteiger partial charge in [-0.25, -0.2) is 0 Å². The fourth-order valence-corrected chi connectivity index (χ4v) is 2.67. The van der Waals surface area contributed by atoms with E-state index < -0.39 is 11.8 Å². The second kappa shape index (κ2) is 8.33. The highest BCUT2D eigenvalue weighted by atomic mass is 16.5. The average molecular weight is 340 g/mol. The summed E-state index contributed by atoms with van der Waals surface area (Å²) < 4.78 is 5.23. The molecule has 0 unspecified atom stereocenters. The van der Waals surface area contributed by atoms with E-state index in [1.807, 2.05) is 45.0 Å². The van der Waals surface area contributed by atoms with Gasteiger partial charge in [0, 0.05) is 5.69 Å². The standard InChI is InChI=1S/C20H24N2O3/c1-5-14-8-7-9-15(6-2)18(14)22-20(24)19(23)21-16-12-13(3)10-11-17(16)25-4/h7-12H,5-6H2,1-4H3,(H,21,23)(H,22,24). The summed E-state index contributed by atoms with van der Waals surface area (Å²) in [5.41, 5.74) is 4.18. The number of hydrogen-bond acceptors (Lipinski definition) is 3. The molecule has 0 aromatic heterocycles. The Kier molecular flexibility index (Phi) is 6.17. The monoisotopic (exact) mass is 340 g/mol. The summed E-state index contributed by atoms with van der Waals surface area (Å²) in [5, 5.41) is 5.38. The highest BCUT2D eigenvalue weighted by molar-refractivity contribution is 6.44. The summed E-state index contributed by atoms with van der Waals surface area (Å²) in [5.74, 6) is -0.911. The Balaban J connectivity index is 2.20. The van der Waals surface area contributed by atoms with Crippen LogP contribution in [0.5, 0.6) is 5.75 Å². The number of hydrogen-bond donors (Lipinski definition) is 2. The van der Waals surface area contributed by atoms with E-state index in [0.29, 0.717) is 11.4 Å². The number of benzene rings is 2. The quantitative estimate of drug-likeness (QED) is 0.816. The van der Waals surface area contributed by atoms with Crippen molar-refractivity contribution in [3.05, 3.63) is 53.1 Å². The minimum atomic E-state index is -0.725. The third-order valence-corrected chi connectivity index (χ3v) is 4.05. The molecule has 2 rings (SSSR count). The maximum atomic E-state index is 12.4. The first-order valence-electron chi connectivity index (χ1n) is 8.37. The van der Waals surface area contributed by atoms with Crippen LogP contribution >= 0.6 is 0 Å². The molecule has 2 aromatic carbocycles. The van der Waals surface area contributed by atoms with Gasteiger partial charge in [0.1, 0.15) is 5.75 Å². The van der Waals surface area contributed by atoms with Gasteiger partial charge in [0.05, 0.1) is 12.8 Å². The molecule has 0 aliphatic rings. The lowest BCUT2D eigenvalue weighted by atomic mass is 10.0. The van der Waals surface area contributed by atoms with E-state index >= 15 is 0 Å². The zero-order chi connectivity index (χ0) is 18.4. The summed E-state index contributed by atoms with van der Waals surface area (Å²) in [7, 11) is 1.52. The van der Waals surface area contributed by atoms with Crippen LogP contribution < -0.4 is 15.4 Å². The fraction of sp³-hybridized carbons (Fsp3) is 0.300. The molecular formula is C20H24N2O3. The molecule has 5 heteroatoms. The van der Waals surface area contributed by atoms with E-state index in [0.717, 1.165) is 35.2 Å². The largest absolute Gasteiger partial charge is 0.495 e. The molecule has 0 spiro atoms. The van der Waals surface area contributed by atoms with Crippen LogP contribution in [-0.2, 0) is 22.4 Å². The highest BCUT2D eigenvalue weighted by Gasteiger charge is 2.18. The molecule has 2 N–H and O–H groups in total. The molecule has 0 atom stereocenters. The molecule has 2 aromatic rings. The predicted octanol–water partition coefficient (Wildman–Crippen LogP) is 3.71. The molecule has 0 aliphatic carbocycles. The van der Waals surface area contributed by atoms with Crippen molar-refractivity contribution in [2.24, 2.45) is 0 Å². The smallest absolute Gasteiger partial charge is 0.314 e. The Morgan fingerprint density at radius 1 is 0.960 bits per heavy atom. The van der Waals surface area contributed by atoms with Gasteiger partial charge in [-0.2, -0.15) is 0 Å². The van der Waals surface area contributed by atoms with E-state index in [1.165, 1.54) is 7.11 Å². The van der Waals surface area contributed by atoms with E-state index in [1.54, 1.807) is 12.1 Å². The second-order valence-electron chi connectivity index (χ2n) is 5.77. The molecule has 132 valence electrons. The minimum Gasteiger partial charge on any atom is -0.495 e. The number of para-hydroxylation sites is 1. The van der Waals surface area contributed by atoms with Crippen LogP contribution in [0.4, 0.5) is 11.4 Å². The summed E-state index contributed by atoms with van der Waals surface area (Å²) in [4.78, 5) is 24.7. The number of rotatable bonds is 5. The maximum Gasteiger partial charge on any atom is 0.314 e. The van der Waals surface area contributed by atoms with Crippen LogP contribution in [0.25, 0.3) is 0 Å². The van der Waals surface area contributed by atoms with Gasteiger partial charge in [-0.1, -0.05) is 38.1 Å². The topological polar surface area (TPSA) is 67.4 Å². The Bertz CT molecular complexity index is 762. The second-order valence-corrected chi connectivity index (χ2v) is 5.77. The third kappa shape index (κ3) is 4.38. The molecule has 0 radical (unpaired) electrons. The molecule has 0 saturated heterocycles. The average Bonchev–Trinajstić information content (AvgIpc) is 2.61. The van der Waals surface area contributed by atoms with Crippen LogP contribution in [0, 0.1) is 6.92 Å². The number of amides is 2. The zero-order valence-corrected chi connectivity index (χ0v) is 15.1. The van der Waals surface area contributed by atoms with E-state index in [4.69, 9.17) is 4.74 Å². The molecule has 0 saturated carbocycles. The Labute approximate surface area is 148 Å². The van der Waals surface area contributed by atoms with Gasteiger partial charge < -0.3 is 15.4 Å². The summed E-state index contributed by atoms with van der Waals surface area (Å²) in [6.07, 6.45) is 1.55. The van der Waals surface area contributed by atoms with Crippen molar-refractivity contribution >= 4 is 23.2 Å². The van der Waals surface area contributed by atoms with Gasteiger partial charge in [-0.3, -0.25) is 9.59 Å². The van der Waals surface area contributed by atoms with Crippen LogP contribution in [0.2, 0.25) is 0 Å². The number of carbonyl (C=O) groups excluding carboxylic acids is 2. The van der Waals surface area contributed by atoms with Crippen molar-refractivity contribution in [2.45, 2.75) is 33.6 Å². The van der Waals surface area contributed by atoms with Gasteiger partial charge in [-0.05, 0) is 48.6 Å². The molecule has 25 heavy (non-hydrogen) atoms. The Hall–Kier alpha value is -2.82. The van der Waals surface area contributed by atoms with E-state index in [2.05, 4.69) is 10.6 Å². The van der Waals surface area contributed by atoms with Crippen molar-refractivity contribution in [1.29, 1.82) is 0 Å². The summed E-state index contributed by atoms with van der Waals surface area (Å²) in [6, 6.07) is 11.3. The summed E-state index contributed by atoms with van der Waals surface area (Å²) in [6.45, 7) is 5.93. The van der Waals surface area contributed by atoms with E-state index in [9.17, 15) is 9.59 Å². The van der Waals surface area contributed by atoms with E-state index in [-0.39, 0.29) is 0 Å². The molecule has 0 bridgehead atoms. The number of ether oxygens (including phenoxy) is 1. The number of nitrogens with one attached hydrogen (secondary N) is 2. The molecule has 2 amide bonds. The maximum absolute atomic E-state index is 12.4. The minimum absolute atomic E-state index is 0.474. The first-order valence-corrected chi connectivity index (χ1v) is 8.37. The zero-order valence-electron chi connectivity index (χ0n) is 15.1. The van der Waals surface area contributed by atoms with Gasteiger partial charge in [0.2, 0.25) is 0 Å². The molecule has 5 nitrogen and oxygen atoms in total. The van der Waals surface area contributed by atoms with Crippen molar-refractivity contribution in [3.63, 3.8) is 0 Å².